The van der Waals surface area contributed by atoms with E-state index in [1.165, 1.54) is 0 Å². The molecule has 3 atom stereocenters. The number of fused-ring (bicyclic) bond motifs is 1. The molecule has 3 rings (SSSR count). The van der Waals surface area contributed by atoms with Gasteiger partial charge < -0.3 is 15.1 Å². The molecule has 0 bridgehead atoms. The van der Waals surface area contributed by atoms with Gasteiger partial charge in [0, 0.05) is 38.6 Å². The fraction of sp³-hybridized carbons (Fsp3) is 0.500. The van der Waals surface area contributed by atoms with E-state index in [-0.39, 0.29) is 18.0 Å². The van der Waals surface area contributed by atoms with Crippen molar-refractivity contribution in [1.29, 1.82) is 5.26 Å². The number of benzene rings is 1. The van der Waals surface area contributed by atoms with Crippen LogP contribution in [0.3, 0.4) is 0 Å². The summed E-state index contributed by atoms with van der Waals surface area (Å²) in [7, 11) is 3.68. The molecule has 0 unspecified atom stereocenters. The molecule has 0 aliphatic carbocycles. The SMILES string of the molecule is CN[C@H](C)C(=O)N(C)[C@@H]1C[C@H](C)CN(c2ccc(C#N)c3nccnc23)C1. The third-order valence-corrected chi connectivity index (χ3v) is 5.40. The molecule has 1 aromatic heterocycles. The molecule has 1 fully saturated rings. The van der Waals surface area contributed by atoms with Crippen LogP contribution in [-0.2, 0) is 4.79 Å². The van der Waals surface area contributed by atoms with E-state index in [1.807, 2.05) is 24.9 Å². The molecule has 7 nitrogen and oxygen atoms in total. The number of anilines is 1. The lowest BCUT2D eigenvalue weighted by molar-refractivity contribution is -0.134. The topological polar surface area (TPSA) is 85.2 Å². The van der Waals surface area contributed by atoms with Crippen molar-refractivity contribution in [2.45, 2.75) is 32.4 Å². The minimum atomic E-state index is -0.206. The van der Waals surface area contributed by atoms with Crippen molar-refractivity contribution in [3.05, 3.63) is 30.1 Å². The summed E-state index contributed by atoms with van der Waals surface area (Å²) in [6.07, 6.45) is 4.23. The average molecular weight is 366 g/mol. The first-order valence-electron chi connectivity index (χ1n) is 9.29. The van der Waals surface area contributed by atoms with Crippen molar-refractivity contribution in [2.24, 2.45) is 5.92 Å². The van der Waals surface area contributed by atoms with Gasteiger partial charge in [-0.15, -0.1) is 0 Å². The second-order valence-corrected chi connectivity index (χ2v) is 7.36. The Morgan fingerprint density at radius 1 is 1.33 bits per heavy atom. The maximum atomic E-state index is 12.6. The highest BCUT2D eigenvalue weighted by Gasteiger charge is 2.32. The highest BCUT2D eigenvalue weighted by Crippen LogP contribution is 2.31. The van der Waals surface area contributed by atoms with Crippen molar-refractivity contribution >= 4 is 22.6 Å². The molecule has 1 saturated heterocycles. The average Bonchev–Trinajstić information content (AvgIpc) is 2.70. The predicted octanol–water partition coefficient (Wildman–Crippen LogP) is 1.78. The second kappa shape index (κ2) is 7.89. The zero-order valence-corrected chi connectivity index (χ0v) is 16.3. The van der Waals surface area contributed by atoms with E-state index >= 15 is 0 Å². The number of hydrogen-bond acceptors (Lipinski definition) is 6. The molecule has 142 valence electrons. The van der Waals surface area contributed by atoms with E-state index in [2.05, 4.69) is 33.2 Å². The van der Waals surface area contributed by atoms with Crippen LogP contribution in [0.4, 0.5) is 5.69 Å². The van der Waals surface area contributed by atoms with Crippen LogP contribution in [0.1, 0.15) is 25.8 Å². The Balaban J connectivity index is 1.93. The lowest BCUT2D eigenvalue weighted by Crippen LogP contribution is -2.54. The second-order valence-electron chi connectivity index (χ2n) is 7.36. The van der Waals surface area contributed by atoms with Crippen LogP contribution >= 0.6 is 0 Å². The standard InChI is InChI=1S/C20H26N6O/c1-13-9-16(25(4)20(27)14(2)22-3)12-26(11-13)17-6-5-15(10-21)18-19(17)24-8-7-23-18/h5-8,13-14,16,22H,9,11-12H2,1-4H3/t13-,14+,16+/m0/s1. The van der Waals surface area contributed by atoms with E-state index in [1.54, 1.807) is 25.5 Å². The molecule has 2 aromatic rings. The number of rotatable bonds is 4. The number of hydrogen-bond donors (Lipinski definition) is 1. The fourth-order valence-electron chi connectivity index (χ4n) is 3.79. The molecule has 7 heteroatoms. The van der Waals surface area contributed by atoms with Gasteiger partial charge in [-0.2, -0.15) is 5.26 Å². The van der Waals surface area contributed by atoms with Crippen molar-refractivity contribution in [2.75, 3.05) is 32.1 Å². The number of carbonyl (C=O) groups is 1. The predicted molar refractivity (Wildman–Crippen MR) is 105 cm³/mol. The third-order valence-electron chi connectivity index (χ3n) is 5.40. The maximum Gasteiger partial charge on any atom is 0.239 e. The van der Waals surface area contributed by atoms with Gasteiger partial charge in [0.05, 0.1) is 17.3 Å². The minimum absolute atomic E-state index is 0.0982. The third kappa shape index (κ3) is 3.71. The first kappa shape index (κ1) is 19.1. The van der Waals surface area contributed by atoms with Crippen LogP contribution < -0.4 is 10.2 Å². The highest BCUT2D eigenvalue weighted by molar-refractivity contribution is 5.92. The zero-order chi connectivity index (χ0) is 19.6. The van der Waals surface area contributed by atoms with Crippen molar-refractivity contribution in [3.8, 4) is 6.07 Å². The molecule has 1 aliphatic rings. The molecule has 1 amide bonds. The summed E-state index contributed by atoms with van der Waals surface area (Å²) in [5.41, 5.74) is 2.86. The summed E-state index contributed by atoms with van der Waals surface area (Å²) in [6.45, 7) is 5.71. The summed E-state index contributed by atoms with van der Waals surface area (Å²) in [6, 6.07) is 5.86. The summed E-state index contributed by atoms with van der Waals surface area (Å²) in [5.74, 6) is 0.535. The number of carbonyl (C=O) groups excluding carboxylic acids is 1. The molecular weight excluding hydrogens is 340 g/mol. The number of piperidine rings is 1. The molecule has 27 heavy (non-hydrogen) atoms. The first-order valence-corrected chi connectivity index (χ1v) is 9.29. The largest absolute Gasteiger partial charge is 0.367 e. The van der Waals surface area contributed by atoms with E-state index in [0.717, 1.165) is 30.7 Å². The van der Waals surface area contributed by atoms with E-state index in [9.17, 15) is 10.1 Å². The van der Waals surface area contributed by atoms with Gasteiger partial charge in [-0.1, -0.05) is 6.92 Å². The van der Waals surface area contributed by atoms with Crippen LogP contribution in [0.5, 0.6) is 0 Å². The summed E-state index contributed by atoms with van der Waals surface area (Å²) < 4.78 is 0. The number of nitrogens with zero attached hydrogens (tertiary/aromatic N) is 5. The summed E-state index contributed by atoms with van der Waals surface area (Å²) in [4.78, 5) is 25.6. The van der Waals surface area contributed by atoms with Gasteiger partial charge in [-0.05, 0) is 38.4 Å². The van der Waals surface area contributed by atoms with Crippen LogP contribution in [-0.4, -0.2) is 60.0 Å². The first-order chi connectivity index (χ1) is 13.0. The lowest BCUT2D eigenvalue weighted by atomic mass is 9.94. The monoisotopic (exact) mass is 366 g/mol. The number of likely N-dealkylation sites (N-methyl/N-ethyl adjacent to an activating group) is 2. The van der Waals surface area contributed by atoms with Gasteiger partial charge in [0.25, 0.3) is 0 Å². The smallest absolute Gasteiger partial charge is 0.239 e. The zero-order valence-electron chi connectivity index (χ0n) is 16.3. The Bertz CT molecular complexity index is 876. The molecular formula is C20H26N6O. The van der Waals surface area contributed by atoms with E-state index < -0.39 is 0 Å². The van der Waals surface area contributed by atoms with Crippen LogP contribution in [0.15, 0.2) is 24.5 Å². The molecule has 0 spiro atoms. The van der Waals surface area contributed by atoms with Gasteiger partial charge in [0.1, 0.15) is 17.1 Å². The van der Waals surface area contributed by atoms with E-state index in [0.29, 0.717) is 17.0 Å². The van der Waals surface area contributed by atoms with Gasteiger partial charge >= 0.3 is 0 Å². The van der Waals surface area contributed by atoms with Gasteiger partial charge in [0.15, 0.2) is 0 Å². The molecule has 0 radical (unpaired) electrons. The number of amides is 1. The molecule has 1 aliphatic heterocycles. The maximum absolute atomic E-state index is 12.6. The summed E-state index contributed by atoms with van der Waals surface area (Å²) >= 11 is 0. The van der Waals surface area contributed by atoms with E-state index in [4.69, 9.17) is 0 Å². The normalized spacial score (nSPS) is 20.9. The van der Waals surface area contributed by atoms with Crippen LogP contribution in [0.25, 0.3) is 11.0 Å². The molecule has 1 aromatic carbocycles. The van der Waals surface area contributed by atoms with Crippen LogP contribution in [0.2, 0.25) is 0 Å². The van der Waals surface area contributed by atoms with Gasteiger partial charge in [-0.3, -0.25) is 14.8 Å². The fourth-order valence-corrected chi connectivity index (χ4v) is 3.79. The quantitative estimate of drug-likeness (QED) is 0.888. The molecule has 1 N–H and O–H groups in total. The molecule has 0 saturated carbocycles. The Morgan fingerprint density at radius 3 is 2.70 bits per heavy atom. The Labute approximate surface area is 160 Å². The Hall–Kier alpha value is -2.72. The van der Waals surface area contributed by atoms with Crippen molar-refractivity contribution < 1.29 is 4.79 Å². The van der Waals surface area contributed by atoms with Crippen LogP contribution in [0, 0.1) is 17.2 Å². The molecule has 2 heterocycles. The Kier molecular flexibility index (Phi) is 5.57. The number of nitriles is 1. The minimum Gasteiger partial charge on any atom is -0.367 e. The number of nitrogens with one attached hydrogen (secondary N) is 1. The van der Waals surface area contributed by atoms with Crippen molar-refractivity contribution in [1.82, 2.24) is 20.2 Å². The summed E-state index contributed by atoms with van der Waals surface area (Å²) in [5, 5.41) is 12.4. The van der Waals surface area contributed by atoms with Gasteiger partial charge in [-0.25, -0.2) is 0 Å². The van der Waals surface area contributed by atoms with Gasteiger partial charge in [0.2, 0.25) is 5.91 Å². The Morgan fingerprint density at radius 2 is 2.04 bits per heavy atom. The van der Waals surface area contributed by atoms with Crippen molar-refractivity contribution in [3.63, 3.8) is 0 Å². The lowest BCUT2D eigenvalue weighted by Gasteiger charge is -2.42. The highest BCUT2D eigenvalue weighted by atomic mass is 16.2. The number of aromatic nitrogens is 2.